The first-order valence-electron chi connectivity index (χ1n) is 11.4. The molecule has 2 aliphatic rings. The lowest BCUT2D eigenvalue weighted by Crippen LogP contribution is -2.52. The van der Waals surface area contributed by atoms with E-state index in [9.17, 15) is 4.79 Å². The summed E-state index contributed by atoms with van der Waals surface area (Å²) in [6, 6.07) is 12.5. The molecule has 0 saturated carbocycles. The lowest BCUT2D eigenvalue weighted by molar-refractivity contribution is -0.136. The largest absolute Gasteiger partial charge is 0.497 e. The molecular weight excluding hydrogens is 420 g/mol. The van der Waals surface area contributed by atoms with Crippen LogP contribution in [0.1, 0.15) is 17.7 Å². The molecule has 0 radical (unpaired) electrons. The Morgan fingerprint density at radius 2 is 1.84 bits per heavy atom. The first kappa shape index (κ1) is 21.1. The number of pyridine rings is 1. The first-order chi connectivity index (χ1) is 15.6. The number of piperidine rings is 1. The van der Waals surface area contributed by atoms with Gasteiger partial charge in [-0.1, -0.05) is 0 Å². The fourth-order valence-corrected chi connectivity index (χ4v) is 5.85. The van der Waals surface area contributed by atoms with Crippen molar-refractivity contribution >= 4 is 38.8 Å². The quantitative estimate of drug-likeness (QED) is 0.597. The second-order valence-corrected chi connectivity index (χ2v) is 9.99. The number of hydrogen-bond acceptors (Lipinski definition) is 6. The number of methoxy groups -OCH3 is 1. The maximum Gasteiger partial charge on any atom is 0.227 e. The molecular formula is C25H30N4O2S. The molecule has 1 atom stereocenters. The van der Waals surface area contributed by atoms with Gasteiger partial charge >= 0.3 is 0 Å². The van der Waals surface area contributed by atoms with Gasteiger partial charge in [-0.3, -0.25) is 4.79 Å². The minimum Gasteiger partial charge on any atom is -0.497 e. The van der Waals surface area contributed by atoms with E-state index in [0.717, 1.165) is 63.7 Å². The zero-order chi connectivity index (χ0) is 22.1. The summed E-state index contributed by atoms with van der Waals surface area (Å²) < 4.78 is 6.53. The molecule has 168 valence electrons. The Kier molecular flexibility index (Phi) is 5.91. The molecule has 0 spiro atoms. The van der Waals surface area contributed by atoms with Crippen LogP contribution in [0.25, 0.3) is 10.1 Å². The van der Waals surface area contributed by atoms with Crippen LogP contribution in [0, 0.1) is 12.8 Å². The van der Waals surface area contributed by atoms with Gasteiger partial charge in [-0.05, 0) is 56.2 Å². The van der Waals surface area contributed by atoms with Crippen molar-refractivity contribution in [3.05, 3.63) is 47.5 Å². The van der Waals surface area contributed by atoms with Gasteiger partial charge in [0, 0.05) is 66.1 Å². The van der Waals surface area contributed by atoms with Gasteiger partial charge in [0.2, 0.25) is 5.91 Å². The van der Waals surface area contributed by atoms with Crippen LogP contribution >= 0.6 is 11.3 Å². The standard InChI is InChI=1S/C25H30N4O2S/c1-18-16-22-23(32-18)9-10-26-24(22)29-11-3-4-19(17-29)25(30)28-14-12-27(13-15-28)20-5-7-21(31-2)8-6-20/h5-10,16,19H,3-4,11-15,17H2,1-2H3. The molecule has 1 amide bonds. The number of carbonyl (C=O) groups is 1. The number of amides is 1. The normalized spacial score (nSPS) is 19.4. The van der Waals surface area contributed by atoms with E-state index in [1.807, 2.05) is 18.3 Å². The summed E-state index contributed by atoms with van der Waals surface area (Å²) in [5.41, 5.74) is 1.19. The summed E-state index contributed by atoms with van der Waals surface area (Å²) in [6.07, 6.45) is 3.90. The van der Waals surface area contributed by atoms with Gasteiger partial charge in [0.15, 0.2) is 0 Å². The fraction of sp³-hybridized carbons (Fsp3) is 0.440. The third kappa shape index (κ3) is 4.13. The number of piperazine rings is 1. The smallest absolute Gasteiger partial charge is 0.227 e. The Morgan fingerprint density at radius 1 is 1.06 bits per heavy atom. The molecule has 3 aromatic rings. The van der Waals surface area contributed by atoms with Crippen LogP contribution in [-0.2, 0) is 4.79 Å². The Balaban J connectivity index is 1.23. The summed E-state index contributed by atoms with van der Waals surface area (Å²) >= 11 is 1.81. The minimum atomic E-state index is 0.0491. The van der Waals surface area contributed by atoms with E-state index in [-0.39, 0.29) is 5.92 Å². The van der Waals surface area contributed by atoms with Gasteiger partial charge in [0.1, 0.15) is 11.6 Å². The molecule has 5 rings (SSSR count). The van der Waals surface area contributed by atoms with Crippen LogP contribution in [0.4, 0.5) is 11.5 Å². The van der Waals surface area contributed by atoms with Crippen LogP contribution in [0.15, 0.2) is 42.6 Å². The van der Waals surface area contributed by atoms with Crippen LogP contribution in [0.2, 0.25) is 0 Å². The molecule has 2 fully saturated rings. The third-order valence-electron chi connectivity index (χ3n) is 6.65. The summed E-state index contributed by atoms with van der Waals surface area (Å²) in [4.78, 5) is 26.1. The van der Waals surface area contributed by atoms with Gasteiger partial charge in [-0.2, -0.15) is 0 Å². The van der Waals surface area contributed by atoms with E-state index in [1.54, 1.807) is 18.4 Å². The van der Waals surface area contributed by atoms with E-state index in [4.69, 9.17) is 9.72 Å². The summed E-state index contributed by atoms with van der Waals surface area (Å²) in [5.74, 6) is 2.26. The zero-order valence-corrected chi connectivity index (χ0v) is 19.6. The van der Waals surface area contributed by atoms with Crippen molar-refractivity contribution in [1.29, 1.82) is 0 Å². The maximum atomic E-state index is 13.4. The van der Waals surface area contributed by atoms with Crippen LogP contribution < -0.4 is 14.5 Å². The number of rotatable bonds is 4. The van der Waals surface area contributed by atoms with Gasteiger partial charge in [0.05, 0.1) is 13.0 Å². The number of carbonyl (C=O) groups excluding carboxylic acids is 1. The molecule has 1 unspecified atom stereocenters. The van der Waals surface area contributed by atoms with E-state index in [1.165, 1.54) is 20.7 Å². The van der Waals surface area contributed by atoms with Crippen molar-refractivity contribution in [2.75, 3.05) is 56.2 Å². The van der Waals surface area contributed by atoms with Crippen molar-refractivity contribution in [3.63, 3.8) is 0 Å². The second kappa shape index (κ2) is 8.98. The number of aryl methyl sites for hydroxylation is 1. The number of benzene rings is 1. The van der Waals surface area contributed by atoms with E-state index in [0.29, 0.717) is 5.91 Å². The van der Waals surface area contributed by atoms with Gasteiger partial charge < -0.3 is 19.4 Å². The summed E-state index contributed by atoms with van der Waals surface area (Å²) in [5, 5.41) is 1.22. The van der Waals surface area contributed by atoms with Crippen molar-refractivity contribution < 1.29 is 9.53 Å². The maximum absolute atomic E-state index is 13.4. The third-order valence-corrected chi connectivity index (χ3v) is 7.66. The topological polar surface area (TPSA) is 48.9 Å². The number of ether oxygens (including phenoxy) is 1. The Bertz CT molecular complexity index is 1090. The van der Waals surface area contributed by atoms with Crippen molar-refractivity contribution in [1.82, 2.24) is 9.88 Å². The predicted molar refractivity (Wildman–Crippen MR) is 131 cm³/mol. The molecule has 32 heavy (non-hydrogen) atoms. The highest BCUT2D eigenvalue weighted by Crippen LogP contribution is 2.33. The molecule has 4 heterocycles. The lowest BCUT2D eigenvalue weighted by atomic mass is 9.96. The summed E-state index contributed by atoms with van der Waals surface area (Å²) in [6.45, 7) is 7.15. The molecule has 2 aromatic heterocycles. The summed E-state index contributed by atoms with van der Waals surface area (Å²) in [7, 11) is 1.68. The van der Waals surface area contributed by atoms with Crippen LogP contribution in [0.3, 0.4) is 0 Å². The fourth-order valence-electron chi connectivity index (χ4n) is 4.94. The van der Waals surface area contributed by atoms with Crippen molar-refractivity contribution in [3.8, 4) is 5.75 Å². The van der Waals surface area contributed by atoms with E-state index >= 15 is 0 Å². The van der Waals surface area contributed by atoms with Crippen LogP contribution in [-0.4, -0.2) is 62.2 Å². The SMILES string of the molecule is COc1ccc(N2CCN(C(=O)C3CCCN(c4nccc5sc(C)cc45)C3)CC2)cc1. The van der Waals surface area contributed by atoms with Gasteiger partial charge in [0.25, 0.3) is 0 Å². The highest BCUT2D eigenvalue weighted by molar-refractivity contribution is 7.19. The molecule has 2 aliphatic heterocycles. The Morgan fingerprint density at radius 3 is 2.59 bits per heavy atom. The van der Waals surface area contributed by atoms with Gasteiger partial charge in [-0.15, -0.1) is 11.3 Å². The average molecular weight is 451 g/mol. The molecule has 0 aliphatic carbocycles. The second-order valence-electron chi connectivity index (χ2n) is 8.70. The van der Waals surface area contributed by atoms with E-state index in [2.05, 4.69) is 45.9 Å². The highest BCUT2D eigenvalue weighted by atomic mass is 32.1. The van der Waals surface area contributed by atoms with Crippen molar-refractivity contribution in [2.45, 2.75) is 19.8 Å². The van der Waals surface area contributed by atoms with Crippen LogP contribution in [0.5, 0.6) is 5.75 Å². The zero-order valence-electron chi connectivity index (χ0n) is 18.8. The number of thiophene rings is 1. The Labute approximate surface area is 193 Å². The predicted octanol–water partition coefficient (Wildman–Crippen LogP) is 4.18. The van der Waals surface area contributed by atoms with Gasteiger partial charge in [-0.25, -0.2) is 4.98 Å². The number of anilines is 2. The molecule has 1 aromatic carbocycles. The highest BCUT2D eigenvalue weighted by Gasteiger charge is 2.32. The number of hydrogen-bond donors (Lipinski definition) is 0. The average Bonchev–Trinajstić information content (AvgIpc) is 3.24. The molecule has 2 saturated heterocycles. The number of fused-ring (bicyclic) bond motifs is 1. The van der Waals surface area contributed by atoms with Crippen molar-refractivity contribution in [2.24, 2.45) is 5.92 Å². The monoisotopic (exact) mass is 450 g/mol. The minimum absolute atomic E-state index is 0.0491. The lowest BCUT2D eigenvalue weighted by Gasteiger charge is -2.40. The molecule has 0 N–H and O–H groups in total. The molecule has 7 heteroatoms. The number of nitrogens with zero attached hydrogens (tertiary/aromatic N) is 4. The molecule has 0 bridgehead atoms. The number of aromatic nitrogens is 1. The first-order valence-corrected chi connectivity index (χ1v) is 12.2. The van der Waals surface area contributed by atoms with E-state index < -0.39 is 0 Å². The Hall–Kier alpha value is -2.80. The molecule has 6 nitrogen and oxygen atoms in total.